The van der Waals surface area contributed by atoms with E-state index >= 15 is 0 Å². The van der Waals surface area contributed by atoms with Gasteiger partial charge in [0.15, 0.2) is 6.61 Å². The molecule has 7 heteroatoms. The van der Waals surface area contributed by atoms with Gasteiger partial charge in [0.2, 0.25) is 0 Å². The Hall–Kier alpha value is -0.846. The van der Waals surface area contributed by atoms with E-state index in [-0.39, 0.29) is 43.3 Å². The summed E-state index contributed by atoms with van der Waals surface area (Å²) >= 11 is 1.15. The fraction of sp³-hybridized carbons (Fsp3) is 0.308. The second kappa shape index (κ2) is 8.44. The van der Waals surface area contributed by atoms with E-state index in [0.29, 0.717) is 5.56 Å². The molecule has 1 aromatic heterocycles. The first-order chi connectivity index (χ1) is 8.92. The minimum absolute atomic E-state index is 0. The molecule has 0 fully saturated rings. The number of carbonyl (C=O) groups excluding carboxylic acids is 1. The maximum absolute atomic E-state index is 11.7. The Morgan fingerprint density at radius 2 is 2.00 bits per heavy atom. The summed E-state index contributed by atoms with van der Waals surface area (Å²) in [5.41, 5.74) is 1.28. The Kier molecular flexibility index (Phi) is 8.09. The normalized spacial score (nSPS) is 10.7. The first-order valence-electron chi connectivity index (χ1n) is 5.35. The van der Waals surface area contributed by atoms with Gasteiger partial charge in [-0.15, -0.1) is 11.8 Å². The number of rotatable bonds is 5. The molecule has 0 amide bonds. The molecule has 20 heavy (non-hydrogen) atoms. The number of hydrogen-bond acceptors (Lipinski definition) is 5. The van der Waals surface area contributed by atoms with Gasteiger partial charge in [0.1, 0.15) is 0 Å². The minimum Gasteiger partial charge on any atom is -0.538 e. The minimum atomic E-state index is -1.13. The van der Waals surface area contributed by atoms with E-state index in [1.54, 1.807) is 6.92 Å². The molecule has 0 aliphatic heterocycles. The third-order valence-corrected chi connectivity index (χ3v) is 3.70. The standard InChI is InChI=1S/C13H14O5S.Y/c1-5-7(2)11-8(3)10(18-6-9(14)15)12(19-11)13(16)17-4;/h3,6H2,1-2,4H3,(H,14,15);/q-2;. The number of aliphatic carboxylic acids is 1. The zero-order valence-corrected chi connectivity index (χ0v) is 15.1. The smallest absolute Gasteiger partial charge is 0.340 e. The van der Waals surface area contributed by atoms with Gasteiger partial charge in [0, 0.05) is 38.5 Å². The molecule has 1 heterocycles. The van der Waals surface area contributed by atoms with E-state index in [1.807, 2.05) is 6.92 Å². The van der Waals surface area contributed by atoms with Crippen molar-refractivity contribution in [1.82, 2.24) is 0 Å². The summed E-state index contributed by atoms with van der Waals surface area (Å²) in [5.74, 6) is -1.55. The quantitative estimate of drug-likeness (QED) is 0.636. The van der Waals surface area contributed by atoms with Crippen LogP contribution in [0, 0.1) is 13.0 Å². The van der Waals surface area contributed by atoms with Crippen molar-refractivity contribution >= 4 is 28.8 Å². The summed E-state index contributed by atoms with van der Waals surface area (Å²) in [6.45, 7) is 6.85. The van der Waals surface area contributed by atoms with Crippen molar-refractivity contribution in [2.24, 2.45) is 0 Å². The summed E-state index contributed by atoms with van der Waals surface area (Å²) in [5, 5.41) is 8.64. The molecule has 0 atom stereocenters. The van der Waals surface area contributed by atoms with Crippen LogP contribution in [-0.4, -0.2) is 30.8 Å². The van der Waals surface area contributed by atoms with E-state index in [9.17, 15) is 9.59 Å². The number of methoxy groups -OCH3 is 1. The van der Waals surface area contributed by atoms with Crippen molar-refractivity contribution in [3.8, 4) is 5.75 Å². The molecule has 0 saturated heterocycles. The molecule has 1 N–H and O–H groups in total. The van der Waals surface area contributed by atoms with E-state index in [1.165, 1.54) is 7.11 Å². The van der Waals surface area contributed by atoms with Crippen LogP contribution < -0.4 is 4.74 Å². The van der Waals surface area contributed by atoms with Crippen LogP contribution in [0.15, 0.2) is 0 Å². The van der Waals surface area contributed by atoms with Crippen molar-refractivity contribution < 1.29 is 56.9 Å². The number of carboxylic acids is 1. The van der Waals surface area contributed by atoms with Gasteiger partial charge in [-0.3, -0.25) is 6.08 Å². The van der Waals surface area contributed by atoms with Crippen LogP contribution in [0.5, 0.6) is 5.75 Å². The molecule has 0 spiro atoms. The van der Waals surface area contributed by atoms with Crippen molar-refractivity contribution in [3.63, 3.8) is 0 Å². The maximum atomic E-state index is 11.7. The van der Waals surface area contributed by atoms with Gasteiger partial charge in [-0.1, -0.05) is 6.92 Å². The molecule has 0 aromatic carbocycles. The Labute approximate surface area is 146 Å². The van der Waals surface area contributed by atoms with Gasteiger partial charge in [-0.05, 0) is 0 Å². The zero-order chi connectivity index (χ0) is 14.6. The second-order valence-corrected chi connectivity index (χ2v) is 4.64. The fourth-order valence-electron chi connectivity index (χ4n) is 1.38. The van der Waals surface area contributed by atoms with Gasteiger partial charge in [-0.2, -0.15) is 12.5 Å². The molecule has 0 aliphatic rings. The third-order valence-electron chi connectivity index (χ3n) is 2.38. The summed E-state index contributed by atoms with van der Waals surface area (Å²) < 4.78 is 9.79. The molecule has 107 valence electrons. The number of carboxylic acid groups (broad SMARTS) is 1. The molecule has 0 bridgehead atoms. The molecular formula is C13H14O5SY-2. The predicted octanol–water partition coefficient (Wildman–Crippen LogP) is 2.40. The predicted molar refractivity (Wildman–Crippen MR) is 71.2 cm³/mol. The molecule has 0 unspecified atom stereocenters. The van der Waals surface area contributed by atoms with Gasteiger partial charge in [-0.25, -0.2) is 26.5 Å². The van der Waals surface area contributed by atoms with E-state index < -0.39 is 18.5 Å². The van der Waals surface area contributed by atoms with Crippen LogP contribution in [0.25, 0.3) is 5.57 Å². The summed E-state index contributed by atoms with van der Waals surface area (Å²) in [6.07, 6.45) is 2.95. The van der Waals surface area contributed by atoms with Crippen LogP contribution in [-0.2, 0) is 42.2 Å². The largest absolute Gasteiger partial charge is 0.538 e. The Bertz CT molecular complexity index is 533. The molecule has 5 nitrogen and oxygen atoms in total. The van der Waals surface area contributed by atoms with Gasteiger partial charge >= 0.3 is 11.9 Å². The first kappa shape index (κ1) is 19.2. The number of thiophene rings is 1. The Balaban J connectivity index is 0.00000361. The maximum Gasteiger partial charge on any atom is 0.340 e. The molecule has 1 rings (SSSR count). The van der Waals surface area contributed by atoms with Crippen molar-refractivity contribution in [1.29, 1.82) is 0 Å². The van der Waals surface area contributed by atoms with Gasteiger partial charge in [0.05, 0.1) is 12.0 Å². The van der Waals surface area contributed by atoms with Gasteiger partial charge < -0.3 is 14.6 Å². The average Bonchev–Trinajstić information content (AvgIpc) is 2.71. The fourth-order valence-corrected chi connectivity index (χ4v) is 2.50. The number of carbonyl (C=O) groups is 2. The Morgan fingerprint density at radius 3 is 2.45 bits per heavy atom. The molecule has 1 aromatic rings. The van der Waals surface area contributed by atoms with Crippen LogP contribution in [0.2, 0.25) is 0 Å². The number of ether oxygens (including phenoxy) is 2. The molecule has 0 saturated carbocycles. The van der Waals surface area contributed by atoms with Crippen molar-refractivity contribution in [3.05, 3.63) is 28.3 Å². The van der Waals surface area contributed by atoms with Crippen molar-refractivity contribution in [2.75, 3.05) is 13.7 Å². The van der Waals surface area contributed by atoms with Crippen LogP contribution in [0.3, 0.4) is 0 Å². The first-order valence-corrected chi connectivity index (χ1v) is 6.17. The zero-order valence-electron chi connectivity index (χ0n) is 11.5. The van der Waals surface area contributed by atoms with Crippen LogP contribution in [0.1, 0.15) is 34.0 Å². The number of allylic oxidation sites excluding steroid dienone is 2. The third kappa shape index (κ3) is 4.33. The SMILES string of the molecule is [CH2-]c1c(C(C)=[C-]C)sc(C(=O)OC)c1OCC(=O)O.[Y]. The van der Waals surface area contributed by atoms with E-state index in [4.69, 9.17) is 9.84 Å². The van der Waals surface area contributed by atoms with Crippen LogP contribution >= 0.6 is 11.3 Å². The van der Waals surface area contributed by atoms with Crippen LogP contribution in [0.4, 0.5) is 0 Å². The van der Waals surface area contributed by atoms with Crippen molar-refractivity contribution in [2.45, 2.75) is 13.8 Å². The molecular weight excluding hydrogens is 357 g/mol. The average molecular weight is 371 g/mol. The summed E-state index contributed by atoms with van der Waals surface area (Å²) in [4.78, 5) is 23.1. The summed E-state index contributed by atoms with van der Waals surface area (Å²) in [7, 11) is 1.25. The van der Waals surface area contributed by atoms with E-state index in [0.717, 1.165) is 21.8 Å². The number of hydrogen-bond donors (Lipinski definition) is 1. The van der Waals surface area contributed by atoms with Gasteiger partial charge in [0.25, 0.3) is 0 Å². The number of esters is 1. The van der Waals surface area contributed by atoms with E-state index in [2.05, 4.69) is 17.7 Å². The topological polar surface area (TPSA) is 72.8 Å². The Morgan fingerprint density at radius 1 is 1.40 bits per heavy atom. The molecule has 0 aliphatic carbocycles. The monoisotopic (exact) mass is 371 g/mol. The molecule has 1 radical (unpaired) electrons. The second-order valence-electron chi connectivity index (χ2n) is 3.62. The summed E-state index contributed by atoms with van der Waals surface area (Å²) in [6, 6.07) is 0.